The molecule has 1 amide bonds. The first kappa shape index (κ1) is 21.6. The van der Waals surface area contributed by atoms with E-state index >= 15 is 0 Å². The lowest BCUT2D eigenvalue weighted by Crippen LogP contribution is -2.42. The van der Waals surface area contributed by atoms with Gasteiger partial charge in [0.05, 0.1) is 10.5 Å². The lowest BCUT2D eigenvalue weighted by Gasteiger charge is -2.33. The van der Waals surface area contributed by atoms with E-state index in [0.29, 0.717) is 25.9 Å². The molecule has 1 fully saturated rings. The Labute approximate surface area is 162 Å². The second kappa shape index (κ2) is 8.15. The molecule has 150 valence electrons. The van der Waals surface area contributed by atoms with Crippen molar-refractivity contribution in [2.75, 3.05) is 13.1 Å². The first-order valence-electron chi connectivity index (χ1n) is 8.51. The molecule has 1 aliphatic heterocycles. The molecular formula is C17H24FN2O5S2+. The number of sulfonamides is 1. The second-order valence-corrected chi connectivity index (χ2v) is 9.81. The number of likely N-dealkylation sites (tertiary alicyclic amines) is 1. The fourth-order valence-electron chi connectivity index (χ4n) is 3.01. The molecule has 0 radical (unpaired) electrons. The number of nitrogens with zero attached hydrogens (tertiary/aromatic N) is 1. The summed E-state index contributed by atoms with van der Waals surface area (Å²) in [5, 5.41) is 4.32. The Kier molecular flexibility index (Phi) is 6.54. The average molecular weight is 420 g/mol. The number of benzene rings is 1. The number of nitrogens with two attached hydrogens (primary N) is 1. The van der Waals surface area contributed by atoms with Crippen molar-refractivity contribution in [2.24, 2.45) is 11.1 Å². The van der Waals surface area contributed by atoms with Crippen LogP contribution >= 0.6 is 0 Å². The predicted molar refractivity (Wildman–Crippen MR) is 99.1 cm³/mol. The summed E-state index contributed by atoms with van der Waals surface area (Å²) < 4.78 is 54.1. The van der Waals surface area contributed by atoms with Crippen LogP contribution in [0.4, 0.5) is 9.18 Å². The Hall–Kier alpha value is -1.65. The highest BCUT2D eigenvalue weighted by Gasteiger charge is 2.40. The number of piperidine rings is 1. The summed E-state index contributed by atoms with van der Waals surface area (Å²) in [7, 11) is -4.01. The van der Waals surface area contributed by atoms with Gasteiger partial charge in [-0.05, 0) is 51.8 Å². The van der Waals surface area contributed by atoms with Crippen LogP contribution in [-0.2, 0) is 30.6 Å². The molecule has 1 aliphatic rings. The maximum absolute atomic E-state index is 14.4. The van der Waals surface area contributed by atoms with Gasteiger partial charge >= 0.3 is 17.8 Å². The van der Waals surface area contributed by atoms with E-state index in [9.17, 15) is 21.8 Å². The maximum atomic E-state index is 14.4. The van der Waals surface area contributed by atoms with Crippen LogP contribution in [0, 0.1) is 11.7 Å². The van der Waals surface area contributed by atoms with E-state index in [2.05, 4.69) is 0 Å². The van der Waals surface area contributed by atoms with Crippen LogP contribution in [0.2, 0.25) is 0 Å². The maximum Gasteiger partial charge on any atom is 0.467 e. The van der Waals surface area contributed by atoms with Crippen LogP contribution in [0.15, 0.2) is 23.1 Å². The molecule has 0 bridgehead atoms. The molecule has 1 atom stereocenters. The van der Waals surface area contributed by atoms with Gasteiger partial charge in [-0.15, -0.1) is 0 Å². The van der Waals surface area contributed by atoms with Crippen molar-refractivity contribution in [1.29, 1.82) is 0 Å². The van der Waals surface area contributed by atoms with Crippen LogP contribution in [0.5, 0.6) is 0 Å². The highest BCUT2D eigenvalue weighted by molar-refractivity contribution is 7.89. The van der Waals surface area contributed by atoms with Gasteiger partial charge in [0.25, 0.3) is 5.25 Å². The molecule has 0 spiro atoms. The minimum Gasteiger partial charge on any atom is -0.444 e. The van der Waals surface area contributed by atoms with Crippen LogP contribution in [0.25, 0.3) is 0 Å². The molecule has 1 aromatic rings. The lowest BCUT2D eigenvalue weighted by molar-refractivity contribution is 0.0182. The predicted octanol–water partition coefficient (Wildman–Crippen LogP) is 2.59. The Bertz CT molecular complexity index is 815. The number of carbonyl (C=O) groups is 1. The van der Waals surface area contributed by atoms with E-state index in [1.54, 1.807) is 25.7 Å². The molecule has 10 heteroatoms. The van der Waals surface area contributed by atoms with Crippen molar-refractivity contribution in [2.45, 2.75) is 49.4 Å². The quantitative estimate of drug-likeness (QED) is 0.755. The Morgan fingerprint density at radius 2 is 1.93 bits per heavy atom. The van der Waals surface area contributed by atoms with Crippen molar-refractivity contribution in [1.82, 2.24) is 4.90 Å². The molecule has 27 heavy (non-hydrogen) atoms. The van der Waals surface area contributed by atoms with E-state index in [1.165, 1.54) is 12.1 Å². The van der Waals surface area contributed by atoms with Gasteiger partial charge in [0.15, 0.2) is 0 Å². The number of halogens is 1. The minimum atomic E-state index is -4.01. The fraction of sp³-hybridized carbons (Fsp3) is 0.588. The minimum absolute atomic E-state index is 0.138. The Morgan fingerprint density at radius 3 is 2.37 bits per heavy atom. The molecule has 2 N–H and O–H groups in total. The SMILES string of the molecule is CC(C)(C)OC(=O)N1CCC(C([S+]=O)c2ccc(S(N)(=O)=O)cc2F)CC1. The summed E-state index contributed by atoms with van der Waals surface area (Å²) in [6.07, 6.45) is 0.640. The van der Waals surface area contributed by atoms with Crippen molar-refractivity contribution < 1.29 is 26.5 Å². The number of ether oxygens (including phenoxy) is 1. The standard InChI is InChI=1S/C17H24FN2O5S2/c1-17(2,3)25-16(21)20-8-6-11(7-9-20)15(26-22)13-5-4-12(10-14(13)18)27(19,23)24/h4-5,10-11,15H,6-9H2,1-3H3,(H2,19,23,24)/q+1. The Morgan fingerprint density at radius 1 is 1.33 bits per heavy atom. The normalized spacial score (nSPS) is 17.4. The molecule has 7 nitrogen and oxygen atoms in total. The lowest BCUT2D eigenvalue weighted by atomic mass is 9.89. The van der Waals surface area contributed by atoms with Crippen molar-refractivity contribution in [3.05, 3.63) is 29.6 Å². The van der Waals surface area contributed by atoms with Crippen LogP contribution in [0.1, 0.15) is 44.4 Å². The highest BCUT2D eigenvalue weighted by atomic mass is 32.2. The van der Waals surface area contributed by atoms with Gasteiger partial charge in [-0.2, -0.15) is 0 Å². The van der Waals surface area contributed by atoms with Crippen molar-refractivity contribution in [3.63, 3.8) is 0 Å². The number of amides is 1. The van der Waals surface area contributed by atoms with E-state index in [0.717, 1.165) is 6.07 Å². The van der Waals surface area contributed by atoms with Gasteiger partial charge < -0.3 is 9.64 Å². The Balaban J connectivity index is 2.10. The zero-order valence-corrected chi connectivity index (χ0v) is 17.1. The topological polar surface area (TPSA) is 107 Å². The van der Waals surface area contributed by atoms with E-state index < -0.39 is 32.8 Å². The monoisotopic (exact) mass is 419 g/mol. The number of primary sulfonamides is 1. The summed E-state index contributed by atoms with van der Waals surface area (Å²) in [5.74, 6) is -0.912. The average Bonchev–Trinajstić information content (AvgIpc) is 2.55. The molecule has 0 aliphatic carbocycles. The largest absolute Gasteiger partial charge is 0.467 e. The zero-order valence-electron chi connectivity index (χ0n) is 15.5. The summed E-state index contributed by atoms with van der Waals surface area (Å²) in [6, 6.07) is 3.33. The molecule has 0 aromatic heterocycles. The number of hydrogen-bond donors (Lipinski definition) is 1. The zero-order chi connectivity index (χ0) is 20.4. The summed E-state index contributed by atoms with van der Waals surface area (Å²) in [4.78, 5) is 13.4. The number of hydrogen-bond acceptors (Lipinski definition) is 5. The number of carbonyl (C=O) groups excluding carboxylic acids is 1. The fourth-order valence-corrected chi connectivity index (χ4v) is 4.26. The molecule has 1 saturated heterocycles. The molecule has 1 aromatic carbocycles. The molecule has 2 rings (SSSR count). The second-order valence-electron chi connectivity index (χ2n) is 7.55. The van der Waals surface area contributed by atoms with E-state index in [4.69, 9.17) is 9.88 Å². The summed E-state index contributed by atoms with van der Waals surface area (Å²) >= 11 is 0.271. The molecule has 0 saturated carbocycles. The molecular weight excluding hydrogens is 395 g/mol. The van der Waals surface area contributed by atoms with Crippen molar-refractivity contribution in [3.8, 4) is 0 Å². The van der Waals surface area contributed by atoms with Crippen LogP contribution in [-0.4, -0.2) is 38.1 Å². The van der Waals surface area contributed by atoms with Gasteiger partial charge in [0.1, 0.15) is 11.4 Å². The van der Waals surface area contributed by atoms with E-state index in [-0.39, 0.29) is 28.0 Å². The third kappa shape index (κ3) is 5.66. The van der Waals surface area contributed by atoms with Gasteiger partial charge in [-0.25, -0.2) is 22.7 Å². The highest BCUT2D eigenvalue weighted by Crippen LogP contribution is 2.34. The number of rotatable bonds is 4. The van der Waals surface area contributed by atoms with E-state index in [1.807, 2.05) is 0 Å². The summed E-state index contributed by atoms with van der Waals surface area (Å²) in [6.45, 7) is 6.18. The summed E-state index contributed by atoms with van der Waals surface area (Å²) in [5.41, 5.74) is -0.437. The third-order valence-corrected chi connectivity index (χ3v) is 6.09. The smallest absolute Gasteiger partial charge is 0.444 e. The van der Waals surface area contributed by atoms with Crippen LogP contribution in [0.3, 0.4) is 0 Å². The van der Waals surface area contributed by atoms with Gasteiger partial charge in [0, 0.05) is 23.2 Å². The van der Waals surface area contributed by atoms with Gasteiger partial charge in [-0.3, -0.25) is 0 Å². The molecule has 1 unspecified atom stereocenters. The first-order valence-corrected chi connectivity index (χ1v) is 10.9. The van der Waals surface area contributed by atoms with Gasteiger partial charge in [0.2, 0.25) is 10.0 Å². The molecule has 1 heterocycles. The third-order valence-electron chi connectivity index (χ3n) is 4.33. The van der Waals surface area contributed by atoms with Crippen molar-refractivity contribution >= 4 is 27.8 Å². The van der Waals surface area contributed by atoms with Gasteiger partial charge in [-0.1, -0.05) is 0 Å². The first-order chi connectivity index (χ1) is 12.4. The van der Waals surface area contributed by atoms with Crippen LogP contribution < -0.4 is 5.14 Å².